The van der Waals surface area contributed by atoms with Gasteiger partial charge in [0.25, 0.3) is 0 Å². The lowest BCUT2D eigenvalue weighted by Gasteiger charge is -2.18. The van der Waals surface area contributed by atoms with Gasteiger partial charge in [0.15, 0.2) is 0 Å². The van der Waals surface area contributed by atoms with Crippen molar-refractivity contribution >= 4 is 27.4 Å². The van der Waals surface area contributed by atoms with Crippen molar-refractivity contribution in [1.29, 1.82) is 0 Å². The SMILES string of the molecule is Fc1ccc2c(c1)N(c1ccc(CBr)cn1)CC2. The second kappa shape index (κ2) is 4.69. The summed E-state index contributed by atoms with van der Waals surface area (Å²) in [6, 6.07) is 8.98. The fourth-order valence-corrected chi connectivity index (χ4v) is 2.58. The normalized spacial score (nSPS) is 13.8. The largest absolute Gasteiger partial charge is 0.326 e. The highest BCUT2D eigenvalue weighted by molar-refractivity contribution is 9.08. The van der Waals surface area contributed by atoms with Gasteiger partial charge in [0, 0.05) is 23.8 Å². The van der Waals surface area contributed by atoms with Crippen LogP contribution in [0.1, 0.15) is 11.1 Å². The highest BCUT2D eigenvalue weighted by Gasteiger charge is 2.21. The number of hydrogen-bond donors (Lipinski definition) is 0. The standard InChI is InChI=1S/C14H12BrFN2/c15-8-10-1-4-14(17-9-10)18-6-5-11-2-3-12(16)7-13(11)18/h1-4,7,9H,5-6,8H2. The molecule has 1 aliphatic heterocycles. The van der Waals surface area contributed by atoms with Crippen molar-refractivity contribution in [1.82, 2.24) is 4.98 Å². The van der Waals surface area contributed by atoms with E-state index in [4.69, 9.17) is 0 Å². The lowest BCUT2D eigenvalue weighted by Crippen LogP contribution is -2.14. The third kappa shape index (κ3) is 2.01. The molecule has 0 radical (unpaired) electrons. The first-order valence-corrected chi connectivity index (χ1v) is 6.97. The van der Waals surface area contributed by atoms with E-state index in [1.165, 1.54) is 11.6 Å². The molecule has 4 heteroatoms. The van der Waals surface area contributed by atoms with Crippen molar-refractivity contribution in [3.05, 3.63) is 53.5 Å². The van der Waals surface area contributed by atoms with Crippen molar-refractivity contribution < 1.29 is 4.39 Å². The van der Waals surface area contributed by atoms with Crippen LogP contribution in [0.25, 0.3) is 0 Å². The summed E-state index contributed by atoms with van der Waals surface area (Å²) in [7, 11) is 0. The summed E-state index contributed by atoms with van der Waals surface area (Å²) in [6.45, 7) is 0.861. The molecule has 2 aromatic rings. The van der Waals surface area contributed by atoms with Crippen LogP contribution >= 0.6 is 15.9 Å². The molecule has 1 aliphatic rings. The van der Waals surface area contributed by atoms with Crippen LogP contribution in [0.5, 0.6) is 0 Å². The van der Waals surface area contributed by atoms with Crippen LogP contribution in [0.3, 0.4) is 0 Å². The third-order valence-corrected chi connectivity index (χ3v) is 3.83. The molecular formula is C14H12BrFN2. The highest BCUT2D eigenvalue weighted by Crippen LogP contribution is 2.33. The van der Waals surface area contributed by atoms with Gasteiger partial charge >= 0.3 is 0 Å². The molecule has 3 rings (SSSR count). The van der Waals surface area contributed by atoms with Crippen LogP contribution in [0.4, 0.5) is 15.9 Å². The predicted octanol–water partition coefficient (Wildman–Crippen LogP) is 3.81. The topological polar surface area (TPSA) is 16.1 Å². The third-order valence-electron chi connectivity index (χ3n) is 3.18. The van der Waals surface area contributed by atoms with E-state index in [9.17, 15) is 4.39 Å². The molecule has 0 fully saturated rings. The van der Waals surface area contributed by atoms with E-state index in [0.717, 1.165) is 35.4 Å². The Hall–Kier alpha value is -1.42. The van der Waals surface area contributed by atoms with E-state index in [-0.39, 0.29) is 5.82 Å². The number of rotatable bonds is 2. The van der Waals surface area contributed by atoms with E-state index >= 15 is 0 Å². The van der Waals surface area contributed by atoms with E-state index in [0.29, 0.717) is 0 Å². The molecule has 1 aromatic carbocycles. The molecule has 0 saturated carbocycles. The van der Waals surface area contributed by atoms with Gasteiger partial charge in [-0.2, -0.15) is 0 Å². The maximum Gasteiger partial charge on any atom is 0.132 e. The fraction of sp³-hybridized carbons (Fsp3) is 0.214. The summed E-state index contributed by atoms with van der Waals surface area (Å²) in [5, 5.41) is 0.797. The molecule has 0 amide bonds. The molecule has 0 spiro atoms. The zero-order valence-electron chi connectivity index (χ0n) is 9.74. The summed E-state index contributed by atoms with van der Waals surface area (Å²) in [5.41, 5.74) is 3.26. The van der Waals surface area contributed by atoms with E-state index in [1.54, 1.807) is 6.07 Å². The first kappa shape index (κ1) is 11.7. The predicted molar refractivity (Wildman–Crippen MR) is 74.0 cm³/mol. The number of fused-ring (bicyclic) bond motifs is 1. The monoisotopic (exact) mass is 306 g/mol. The molecule has 0 N–H and O–H groups in total. The molecular weight excluding hydrogens is 295 g/mol. The Morgan fingerprint density at radius 3 is 2.89 bits per heavy atom. The number of halogens is 2. The van der Waals surface area contributed by atoms with Crippen LogP contribution in [0, 0.1) is 5.82 Å². The van der Waals surface area contributed by atoms with Crippen LogP contribution in [-0.4, -0.2) is 11.5 Å². The Bertz CT molecular complexity index is 569. The van der Waals surface area contributed by atoms with Crippen molar-refractivity contribution in [2.75, 3.05) is 11.4 Å². The maximum atomic E-state index is 13.3. The van der Waals surface area contributed by atoms with Crippen LogP contribution < -0.4 is 4.90 Å². The minimum Gasteiger partial charge on any atom is -0.326 e. The quantitative estimate of drug-likeness (QED) is 0.784. The number of pyridine rings is 1. The summed E-state index contributed by atoms with van der Waals surface area (Å²) in [6.07, 6.45) is 2.79. The molecule has 0 bridgehead atoms. The minimum absolute atomic E-state index is 0.197. The number of hydrogen-bond acceptors (Lipinski definition) is 2. The van der Waals surface area contributed by atoms with Gasteiger partial charge in [0.1, 0.15) is 11.6 Å². The van der Waals surface area contributed by atoms with Gasteiger partial charge in [-0.05, 0) is 35.7 Å². The van der Waals surface area contributed by atoms with E-state index in [1.807, 2.05) is 24.4 Å². The Morgan fingerprint density at radius 1 is 1.28 bits per heavy atom. The average Bonchev–Trinajstić information content (AvgIpc) is 2.82. The number of anilines is 2. The molecule has 0 aliphatic carbocycles. The number of nitrogens with zero attached hydrogens (tertiary/aromatic N) is 2. The van der Waals surface area contributed by atoms with Crippen molar-refractivity contribution in [3.8, 4) is 0 Å². The second-order valence-electron chi connectivity index (χ2n) is 4.33. The van der Waals surface area contributed by atoms with Crippen molar-refractivity contribution in [2.45, 2.75) is 11.8 Å². The maximum absolute atomic E-state index is 13.3. The first-order chi connectivity index (χ1) is 8.78. The zero-order valence-corrected chi connectivity index (χ0v) is 11.3. The minimum atomic E-state index is -0.197. The molecule has 0 atom stereocenters. The Balaban J connectivity index is 1.97. The average molecular weight is 307 g/mol. The summed E-state index contributed by atoms with van der Waals surface area (Å²) in [5.74, 6) is 0.682. The molecule has 2 nitrogen and oxygen atoms in total. The first-order valence-electron chi connectivity index (χ1n) is 5.85. The van der Waals surface area contributed by atoms with Crippen LogP contribution in [0.15, 0.2) is 36.5 Å². The van der Waals surface area contributed by atoms with E-state index in [2.05, 4.69) is 25.8 Å². The zero-order chi connectivity index (χ0) is 12.5. The second-order valence-corrected chi connectivity index (χ2v) is 4.89. The van der Waals surface area contributed by atoms with Crippen molar-refractivity contribution in [3.63, 3.8) is 0 Å². The molecule has 0 saturated heterocycles. The molecule has 0 unspecified atom stereocenters. The Labute approximate surface area is 114 Å². The Kier molecular flexibility index (Phi) is 3.04. The molecule has 2 heterocycles. The van der Waals surface area contributed by atoms with Gasteiger partial charge < -0.3 is 4.90 Å². The van der Waals surface area contributed by atoms with Gasteiger partial charge in [0.2, 0.25) is 0 Å². The molecule has 18 heavy (non-hydrogen) atoms. The summed E-state index contributed by atoms with van der Waals surface area (Å²) < 4.78 is 13.3. The number of benzene rings is 1. The van der Waals surface area contributed by atoms with Crippen LogP contribution in [0.2, 0.25) is 0 Å². The lowest BCUT2D eigenvalue weighted by molar-refractivity contribution is 0.628. The van der Waals surface area contributed by atoms with E-state index < -0.39 is 0 Å². The van der Waals surface area contributed by atoms with Crippen LogP contribution in [-0.2, 0) is 11.8 Å². The van der Waals surface area contributed by atoms with Gasteiger partial charge in [-0.15, -0.1) is 0 Å². The number of alkyl halides is 1. The lowest BCUT2D eigenvalue weighted by atomic mass is 10.2. The number of aromatic nitrogens is 1. The smallest absolute Gasteiger partial charge is 0.132 e. The van der Waals surface area contributed by atoms with Crippen molar-refractivity contribution in [2.24, 2.45) is 0 Å². The summed E-state index contributed by atoms with van der Waals surface area (Å²) >= 11 is 3.40. The van der Waals surface area contributed by atoms with Gasteiger partial charge in [-0.3, -0.25) is 0 Å². The van der Waals surface area contributed by atoms with Gasteiger partial charge in [-0.1, -0.05) is 28.1 Å². The molecule has 92 valence electrons. The molecule has 1 aromatic heterocycles. The Morgan fingerprint density at radius 2 is 2.17 bits per heavy atom. The fourth-order valence-electron chi connectivity index (χ4n) is 2.25. The summed E-state index contributed by atoms with van der Waals surface area (Å²) in [4.78, 5) is 6.50. The highest BCUT2D eigenvalue weighted by atomic mass is 79.9. The van der Waals surface area contributed by atoms with Gasteiger partial charge in [-0.25, -0.2) is 9.37 Å². The van der Waals surface area contributed by atoms with Gasteiger partial charge in [0.05, 0.1) is 0 Å².